The van der Waals surface area contributed by atoms with Gasteiger partial charge in [0.1, 0.15) is 12.2 Å². The SMILES string of the molecule is C#CCCCC(=O)NCCN(CCSCCC(=O)NCCOCC(O)CO)C(=O)CC.C#CCCCC(=O)NCCN(CCSCCC(=O)NS)C(=O)CC.NCCOCC(O)CO. The van der Waals surface area contributed by atoms with Crippen molar-refractivity contribution >= 4 is 71.8 Å². The van der Waals surface area contributed by atoms with Gasteiger partial charge in [0.25, 0.3) is 0 Å². The molecule has 10 N–H and O–H groups in total. The zero-order valence-electron chi connectivity index (χ0n) is 37.9. The quantitative estimate of drug-likeness (QED) is 0.0209. The number of unbranched alkanes of at least 4 members (excludes halogenated alkanes) is 2. The summed E-state index contributed by atoms with van der Waals surface area (Å²) < 4.78 is 12.2. The van der Waals surface area contributed by atoms with Gasteiger partial charge in [-0.15, -0.1) is 24.7 Å². The van der Waals surface area contributed by atoms with Crippen molar-refractivity contribution in [2.75, 3.05) is 115 Å². The molecule has 0 aliphatic heterocycles. The maximum Gasteiger partial charge on any atom is 0.230 e. The van der Waals surface area contributed by atoms with E-state index in [1.807, 2.05) is 6.92 Å². The monoisotopic (exact) mass is 967 g/mol. The summed E-state index contributed by atoms with van der Waals surface area (Å²) in [6, 6.07) is 0. The maximum absolute atomic E-state index is 12.1. The minimum absolute atomic E-state index is 0.0324. The molecule has 0 aliphatic rings. The minimum atomic E-state index is -0.901. The number of carbonyl (C=O) groups excluding carboxylic acids is 6. The number of rotatable bonds is 37. The second-order valence-electron chi connectivity index (χ2n) is 13.5. The van der Waals surface area contributed by atoms with E-state index in [0.29, 0.717) is 140 Å². The number of carbonyl (C=O) groups is 6. The first-order chi connectivity index (χ1) is 30.8. The van der Waals surface area contributed by atoms with Crippen LogP contribution < -0.4 is 26.4 Å². The predicted octanol–water partition coefficient (Wildman–Crippen LogP) is -0.702. The van der Waals surface area contributed by atoms with Crippen molar-refractivity contribution in [3.63, 3.8) is 0 Å². The average Bonchev–Trinajstić information content (AvgIpc) is 3.29. The highest BCUT2D eigenvalue weighted by Crippen LogP contribution is 2.06. The van der Waals surface area contributed by atoms with Crippen LogP contribution in [0.3, 0.4) is 0 Å². The lowest BCUT2D eigenvalue weighted by Gasteiger charge is -2.22. The number of nitrogens with two attached hydrogens (primary N) is 1. The number of amides is 6. The molecule has 0 aromatic heterocycles. The third kappa shape index (κ3) is 45.3. The second-order valence-corrected chi connectivity index (χ2v) is 16.2. The third-order valence-corrected chi connectivity index (χ3v) is 10.3. The molecule has 0 aromatic carbocycles. The van der Waals surface area contributed by atoms with Crippen molar-refractivity contribution in [2.45, 2.75) is 90.3 Å². The third-order valence-electron chi connectivity index (χ3n) is 8.12. The molecule has 0 aliphatic carbocycles. The van der Waals surface area contributed by atoms with Gasteiger partial charge < -0.3 is 66.1 Å². The van der Waals surface area contributed by atoms with Crippen molar-refractivity contribution in [3.05, 3.63) is 0 Å². The van der Waals surface area contributed by atoms with Gasteiger partial charge in [0.05, 0.1) is 39.6 Å². The number of nitrogens with one attached hydrogen (secondary N) is 4. The molecule has 0 heterocycles. The normalized spacial score (nSPS) is 11.2. The number of nitrogens with zero attached hydrogens (tertiary/aromatic N) is 2. The maximum atomic E-state index is 12.1. The number of thiol groups is 1. The summed E-state index contributed by atoms with van der Waals surface area (Å²) in [5.41, 5.74) is 5.09. The standard InChI is InChI=1S/C21H37N3O6S.C16H27N3O3S2.C5H13NO3/c1-3-5-6-7-19(27)22-9-11-24(21(29)4-2)12-15-31-14-8-20(28)23-10-13-30-17-18(26)16-25;1-3-5-6-7-14(20)17-9-10-19(16(22)4-2)11-13-24-12-8-15(21)18-23;6-1-2-9-4-5(8)3-7/h1,18,25-26H,4-17H2,2H3,(H,22,27)(H,23,28);1,23H,4-13H2,2H3,(H,17,20)(H,18,21);5,7-8H,1-4,6H2. The van der Waals surface area contributed by atoms with Gasteiger partial charge in [-0.25, -0.2) is 0 Å². The summed E-state index contributed by atoms with van der Waals surface area (Å²) in [7, 11) is 0. The van der Waals surface area contributed by atoms with E-state index in [1.165, 1.54) is 0 Å². The lowest BCUT2D eigenvalue weighted by Crippen LogP contribution is -2.39. The summed E-state index contributed by atoms with van der Waals surface area (Å²) in [5.74, 6) is 7.57. The summed E-state index contributed by atoms with van der Waals surface area (Å²) in [4.78, 5) is 73.6. The van der Waals surface area contributed by atoms with E-state index < -0.39 is 12.2 Å². The molecule has 0 fully saturated rings. The number of hydrogen-bond acceptors (Lipinski definition) is 16. The van der Waals surface area contributed by atoms with E-state index >= 15 is 0 Å². The van der Waals surface area contributed by atoms with Gasteiger partial charge in [-0.05, 0) is 12.8 Å². The van der Waals surface area contributed by atoms with Gasteiger partial charge in [0.2, 0.25) is 35.4 Å². The molecule has 370 valence electrons. The molecule has 22 heteroatoms. The predicted molar refractivity (Wildman–Crippen MR) is 256 cm³/mol. The van der Waals surface area contributed by atoms with Crippen LogP contribution in [-0.2, 0) is 38.2 Å². The largest absolute Gasteiger partial charge is 0.394 e. The summed E-state index contributed by atoms with van der Waals surface area (Å²) in [5, 5.41) is 43.0. The number of hydrogen-bond donors (Lipinski definition) is 10. The molecule has 0 aromatic rings. The van der Waals surface area contributed by atoms with E-state index in [-0.39, 0.29) is 68.5 Å². The van der Waals surface area contributed by atoms with E-state index in [0.717, 1.165) is 5.75 Å². The Kier molecular flexibility index (Phi) is 49.9. The first kappa shape index (κ1) is 65.0. The van der Waals surface area contributed by atoms with Gasteiger partial charge in [0, 0.05) is 127 Å². The molecule has 0 bridgehead atoms. The number of aliphatic hydroxyl groups excluding tert-OH is 4. The van der Waals surface area contributed by atoms with Crippen molar-refractivity contribution in [1.29, 1.82) is 0 Å². The molecule has 0 radical (unpaired) electrons. The van der Waals surface area contributed by atoms with Crippen molar-refractivity contribution in [3.8, 4) is 24.7 Å². The van der Waals surface area contributed by atoms with Gasteiger partial charge >= 0.3 is 0 Å². The number of terminal acetylenes is 2. The first-order valence-corrected chi connectivity index (χ1v) is 24.3. The number of aliphatic hydroxyl groups is 4. The summed E-state index contributed by atoms with van der Waals surface area (Å²) in [6.07, 6.45) is 13.5. The van der Waals surface area contributed by atoms with E-state index in [2.05, 4.69) is 45.3 Å². The minimum Gasteiger partial charge on any atom is -0.394 e. The van der Waals surface area contributed by atoms with E-state index in [9.17, 15) is 28.8 Å². The van der Waals surface area contributed by atoms with Gasteiger partial charge in [-0.1, -0.05) is 26.7 Å². The average molecular weight is 968 g/mol. The summed E-state index contributed by atoms with van der Waals surface area (Å²) in [6.45, 7) is 7.64. The van der Waals surface area contributed by atoms with Crippen LogP contribution >= 0.6 is 36.3 Å². The fraction of sp³-hybridized carbons (Fsp3) is 0.762. The highest BCUT2D eigenvalue weighted by Gasteiger charge is 2.13. The van der Waals surface area contributed by atoms with Crippen molar-refractivity contribution in [1.82, 2.24) is 30.5 Å². The van der Waals surface area contributed by atoms with Crippen LogP contribution in [0.15, 0.2) is 0 Å². The van der Waals surface area contributed by atoms with E-state index in [4.69, 9.17) is 48.5 Å². The highest BCUT2D eigenvalue weighted by atomic mass is 32.2. The van der Waals surface area contributed by atoms with Crippen LogP contribution in [0.25, 0.3) is 0 Å². The Morgan fingerprint density at radius 1 is 0.641 bits per heavy atom. The zero-order valence-corrected chi connectivity index (χ0v) is 40.4. The van der Waals surface area contributed by atoms with Crippen molar-refractivity contribution in [2.24, 2.45) is 5.73 Å². The van der Waals surface area contributed by atoms with Crippen LogP contribution in [0.1, 0.15) is 78.1 Å². The van der Waals surface area contributed by atoms with Crippen LogP contribution in [0.2, 0.25) is 0 Å². The van der Waals surface area contributed by atoms with Crippen LogP contribution in [0, 0.1) is 24.7 Å². The Balaban J connectivity index is -0.000000994. The topological polar surface area (TPSA) is 282 Å². The van der Waals surface area contributed by atoms with Crippen molar-refractivity contribution < 1.29 is 58.7 Å². The van der Waals surface area contributed by atoms with E-state index in [1.54, 1.807) is 40.2 Å². The Labute approximate surface area is 395 Å². The lowest BCUT2D eigenvalue weighted by atomic mass is 10.2. The first-order valence-electron chi connectivity index (χ1n) is 21.5. The van der Waals surface area contributed by atoms with Gasteiger partial charge in [-0.3, -0.25) is 28.8 Å². The summed E-state index contributed by atoms with van der Waals surface area (Å²) >= 11 is 6.89. The lowest BCUT2D eigenvalue weighted by molar-refractivity contribution is -0.131. The number of thioether (sulfide) groups is 2. The Bertz CT molecular complexity index is 1310. The fourth-order valence-electron chi connectivity index (χ4n) is 4.63. The molecule has 64 heavy (non-hydrogen) atoms. The van der Waals surface area contributed by atoms with Crippen LogP contribution in [0.5, 0.6) is 0 Å². The Hall–Kier alpha value is -3.29. The molecule has 0 saturated heterocycles. The molecule has 2 unspecified atom stereocenters. The fourth-order valence-corrected chi connectivity index (χ4v) is 6.51. The molecule has 2 atom stereocenters. The van der Waals surface area contributed by atoms with Gasteiger partial charge in [0.15, 0.2) is 0 Å². The van der Waals surface area contributed by atoms with Crippen LogP contribution in [0.4, 0.5) is 0 Å². The Morgan fingerprint density at radius 2 is 1.05 bits per heavy atom. The van der Waals surface area contributed by atoms with Crippen LogP contribution in [-0.4, -0.2) is 193 Å². The molecular weight excluding hydrogens is 891 g/mol. The molecule has 6 amide bonds. The highest BCUT2D eigenvalue weighted by molar-refractivity contribution is 7.99. The molecule has 0 saturated carbocycles. The molecule has 0 spiro atoms. The zero-order chi connectivity index (χ0) is 48.6. The smallest absolute Gasteiger partial charge is 0.230 e. The molecular formula is C42H77N7O12S3. The molecule has 19 nitrogen and oxygen atoms in total. The second kappa shape index (κ2) is 49.2. The number of ether oxygens (including phenoxy) is 2. The molecule has 0 rings (SSSR count). The van der Waals surface area contributed by atoms with Gasteiger partial charge in [-0.2, -0.15) is 23.5 Å². The Morgan fingerprint density at radius 3 is 1.44 bits per heavy atom.